The van der Waals surface area contributed by atoms with Crippen LogP contribution in [0.3, 0.4) is 0 Å². The number of imidazole rings is 1. The number of carbonyl (C=O) groups is 3. The van der Waals surface area contributed by atoms with E-state index in [-0.39, 0.29) is 41.2 Å². The van der Waals surface area contributed by atoms with Gasteiger partial charge in [0.1, 0.15) is 10.7 Å². The Labute approximate surface area is 254 Å². The van der Waals surface area contributed by atoms with Crippen LogP contribution in [-0.4, -0.2) is 49.6 Å². The fraction of sp³-hybridized carbons (Fsp3) is 0.412. The number of amides is 1. The molecule has 2 aromatic carbocycles. The van der Waals surface area contributed by atoms with E-state index < -0.39 is 5.97 Å². The summed E-state index contributed by atoms with van der Waals surface area (Å²) in [6, 6.07) is 15.1. The molecule has 0 radical (unpaired) electrons. The molecule has 2 aliphatic carbocycles. The third-order valence-electron chi connectivity index (χ3n) is 9.60. The highest BCUT2D eigenvalue weighted by Crippen LogP contribution is 2.43. The normalized spacial score (nSPS) is 23.5. The van der Waals surface area contributed by atoms with Crippen LogP contribution < -0.4 is 4.90 Å². The number of carboxylic acids is 1. The Bertz CT molecular complexity index is 1740. The first-order valence-corrected chi connectivity index (χ1v) is 16.1. The molecule has 8 nitrogen and oxygen atoms in total. The summed E-state index contributed by atoms with van der Waals surface area (Å²) < 4.78 is 1.95. The van der Waals surface area contributed by atoms with E-state index in [2.05, 4.69) is 6.92 Å². The molecule has 2 N–H and O–H groups in total. The number of aromatic carboxylic acids is 1. The minimum atomic E-state index is -1.07. The average Bonchev–Trinajstić information content (AvgIpc) is 3.61. The van der Waals surface area contributed by atoms with E-state index in [0.717, 1.165) is 65.0 Å². The number of hydrogen-bond acceptors (Lipinski definition) is 6. The van der Waals surface area contributed by atoms with Gasteiger partial charge in [0, 0.05) is 28.0 Å². The summed E-state index contributed by atoms with van der Waals surface area (Å²) in [5.41, 5.74) is 4.26. The van der Waals surface area contributed by atoms with Gasteiger partial charge < -0.3 is 19.7 Å². The van der Waals surface area contributed by atoms with Crippen LogP contribution in [0, 0.1) is 11.8 Å². The third kappa shape index (κ3) is 4.98. The van der Waals surface area contributed by atoms with E-state index in [9.17, 15) is 24.6 Å². The molecule has 0 unspecified atom stereocenters. The fourth-order valence-electron chi connectivity index (χ4n) is 7.16. The van der Waals surface area contributed by atoms with Crippen molar-refractivity contribution in [3.63, 3.8) is 0 Å². The molecule has 43 heavy (non-hydrogen) atoms. The average molecular weight is 598 g/mol. The summed E-state index contributed by atoms with van der Waals surface area (Å²) in [7, 11) is 0. The van der Waals surface area contributed by atoms with Crippen molar-refractivity contribution in [2.75, 3.05) is 4.90 Å². The molecule has 2 aromatic heterocycles. The molecule has 2 saturated carbocycles. The number of rotatable bonds is 5. The minimum Gasteiger partial charge on any atom is -0.477 e. The number of fused-ring (bicyclic) bond motifs is 5. The van der Waals surface area contributed by atoms with Crippen molar-refractivity contribution >= 4 is 45.7 Å². The molecule has 0 atom stereocenters. The molecule has 0 bridgehead atoms. The van der Waals surface area contributed by atoms with Crippen LogP contribution >= 0.6 is 11.3 Å². The van der Waals surface area contributed by atoms with Crippen molar-refractivity contribution in [2.45, 2.75) is 77.0 Å². The molecular formula is C34H35N3O5S. The Balaban J connectivity index is 1.29. The number of aliphatic hydroxyl groups excluding tert-OH is 1. The summed E-state index contributed by atoms with van der Waals surface area (Å²) in [6.07, 6.45) is 5.66. The SMILES string of the molecule is CC1CCC(C(=O)N(c2cc(-c3ccc4c(c3)C(=O)Cn3c-4nc4ccccc43)sc2C(=O)O)C2CCC(O)CC2)CC1. The van der Waals surface area contributed by atoms with Gasteiger partial charge in [-0.2, -0.15) is 0 Å². The number of hydrogen-bond donors (Lipinski definition) is 2. The molecule has 3 heterocycles. The van der Waals surface area contributed by atoms with Gasteiger partial charge in [0.25, 0.3) is 0 Å². The molecule has 0 spiro atoms. The van der Waals surface area contributed by atoms with Crippen LogP contribution in [0.25, 0.3) is 32.9 Å². The Morgan fingerprint density at radius 2 is 1.70 bits per heavy atom. The number of para-hydroxylation sites is 2. The van der Waals surface area contributed by atoms with Gasteiger partial charge in [-0.1, -0.05) is 25.1 Å². The third-order valence-corrected chi connectivity index (χ3v) is 10.8. The van der Waals surface area contributed by atoms with Crippen molar-refractivity contribution in [2.24, 2.45) is 11.8 Å². The molecule has 9 heteroatoms. The highest BCUT2D eigenvalue weighted by atomic mass is 32.1. The second-order valence-corrected chi connectivity index (χ2v) is 13.5. The van der Waals surface area contributed by atoms with Crippen molar-refractivity contribution in [3.05, 3.63) is 59.0 Å². The molecule has 222 valence electrons. The molecule has 7 rings (SSSR count). The highest BCUT2D eigenvalue weighted by Gasteiger charge is 2.37. The van der Waals surface area contributed by atoms with Crippen molar-refractivity contribution < 1.29 is 24.6 Å². The minimum absolute atomic E-state index is 0.000314. The number of carboxylic acid groups (broad SMARTS) is 1. The van der Waals surface area contributed by atoms with Crippen molar-refractivity contribution in [3.8, 4) is 21.8 Å². The summed E-state index contributed by atoms with van der Waals surface area (Å²) in [6.45, 7) is 2.41. The topological polar surface area (TPSA) is 113 Å². The molecule has 4 aromatic rings. The van der Waals surface area contributed by atoms with E-state index in [1.807, 2.05) is 53.1 Å². The van der Waals surface area contributed by atoms with Gasteiger partial charge >= 0.3 is 5.97 Å². The first-order valence-electron chi connectivity index (χ1n) is 15.3. The second kappa shape index (κ2) is 11.0. The van der Waals surface area contributed by atoms with Crippen molar-refractivity contribution in [1.29, 1.82) is 0 Å². The van der Waals surface area contributed by atoms with Crippen LogP contribution in [0.1, 0.15) is 78.3 Å². The number of benzene rings is 2. The number of carbonyl (C=O) groups excluding carboxylic acids is 2. The van der Waals surface area contributed by atoms with Crippen LogP contribution in [0.2, 0.25) is 0 Å². The summed E-state index contributed by atoms with van der Waals surface area (Å²) in [5, 5.41) is 20.5. The van der Waals surface area contributed by atoms with Gasteiger partial charge in [0.05, 0.1) is 29.4 Å². The number of thiophene rings is 1. The van der Waals surface area contributed by atoms with Crippen LogP contribution in [0.15, 0.2) is 48.5 Å². The number of aliphatic hydroxyl groups is 1. The first kappa shape index (κ1) is 28.0. The van der Waals surface area contributed by atoms with Gasteiger partial charge in [-0.25, -0.2) is 9.78 Å². The van der Waals surface area contributed by atoms with E-state index in [4.69, 9.17) is 4.98 Å². The summed E-state index contributed by atoms with van der Waals surface area (Å²) >= 11 is 1.14. The van der Waals surface area contributed by atoms with E-state index in [1.54, 1.807) is 4.90 Å². The number of ketones is 1. The number of nitrogens with zero attached hydrogens (tertiary/aromatic N) is 3. The van der Waals surface area contributed by atoms with Gasteiger partial charge in [-0.05, 0) is 93.2 Å². The lowest BCUT2D eigenvalue weighted by Gasteiger charge is -2.38. The maximum absolute atomic E-state index is 14.2. The predicted octanol–water partition coefficient (Wildman–Crippen LogP) is 6.79. The monoisotopic (exact) mass is 597 g/mol. The molecule has 2 fully saturated rings. The smallest absolute Gasteiger partial charge is 0.348 e. The summed E-state index contributed by atoms with van der Waals surface area (Å²) in [5.74, 6) is 0.117. The van der Waals surface area contributed by atoms with E-state index in [1.165, 1.54) is 0 Å². The Kier molecular flexibility index (Phi) is 7.18. The highest BCUT2D eigenvalue weighted by molar-refractivity contribution is 7.18. The van der Waals surface area contributed by atoms with Crippen molar-refractivity contribution in [1.82, 2.24) is 9.55 Å². The Morgan fingerprint density at radius 3 is 2.44 bits per heavy atom. The van der Waals surface area contributed by atoms with Crippen LogP contribution in [0.4, 0.5) is 5.69 Å². The van der Waals surface area contributed by atoms with Crippen LogP contribution in [0.5, 0.6) is 0 Å². The lowest BCUT2D eigenvalue weighted by Crippen LogP contribution is -2.47. The fourth-order valence-corrected chi connectivity index (χ4v) is 8.15. The number of Topliss-reactive ketones (excluding diaryl/α,β-unsaturated/α-hetero) is 1. The summed E-state index contributed by atoms with van der Waals surface area (Å²) in [4.78, 5) is 47.5. The molecule has 1 amide bonds. The molecular weight excluding hydrogens is 562 g/mol. The van der Waals surface area contributed by atoms with E-state index >= 15 is 0 Å². The Morgan fingerprint density at radius 1 is 0.953 bits per heavy atom. The Hall–Kier alpha value is -3.82. The lowest BCUT2D eigenvalue weighted by atomic mass is 9.81. The molecule has 0 saturated heterocycles. The van der Waals surface area contributed by atoms with Gasteiger partial charge in [-0.3, -0.25) is 9.59 Å². The van der Waals surface area contributed by atoms with Gasteiger partial charge in [0.15, 0.2) is 5.78 Å². The maximum Gasteiger partial charge on any atom is 0.348 e. The lowest BCUT2D eigenvalue weighted by molar-refractivity contribution is -0.124. The maximum atomic E-state index is 14.2. The van der Waals surface area contributed by atoms with Gasteiger partial charge in [-0.15, -0.1) is 11.3 Å². The predicted molar refractivity (Wildman–Crippen MR) is 167 cm³/mol. The van der Waals surface area contributed by atoms with Crippen LogP contribution in [-0.2, 0) is 11.3 Å². The quantitative estimate of drug-likeness (QED) is 0.262. The largest absolute Gasteiger partial charge is 0.477 e. The number of anilines is 1. The molecule has 1 aliphatic heterocycles. The zero-order valence-electron chi connectivity index (χ0n) is 24.2. The zero-order chi connectivity index (χ0) is 29.8. The van der Waals surface area contributed by atoms with E-state index in [0.29, 0.717) is 47.7 Å². The standard InChI is InChI=1S/C34H35N3O5S/c1-19-6-8-20(9-7-19)33(40)37(22-11-13-23(38)14-12-22)28-17-30(43-31(28)34(41)42)21-10-15-24-25(16-21)29(39)18-36-27-5-3-2-4-26(27)35-32(24)36/h2-5,10,15-17,19-20,22-23,38H,6-9,11-14,18H2,1H3,(H,41,42). The number of aromatic nitrogens is 2. The first-order chi connectivity index (χ1) is 20.8. The van der Waals surface area contributed by atoms with Gasteiger partial charge in [0.2, 0.25) is 5.91 Å². The second-order valence-electron chi connectivity index (χ2n) is 12.5. The molecule has 3 aliphatic rings. The zero-order valence-corrected chi connectivity index (χ0v) is 25.0.